The first kappa shape index (κ1) is 13.9. The Labute approximate surface area is 105 Å². The second kappa shape index (κ2) is 7.24. The number of carbonyl (C=O) groups excluding carboxylic acids is 1. The third-order valence-corrected chi connectivity index (χ3v) is 3.14. The number of hydrogen-bond acceptors (Lipinski definition) is 5. The van der Waals surface area contributed by atoms with Crippen LogP contribution in [0.1, 0.15) is 30.3 Å². The van der Waals surface area contributed by atoms with Gasteiger partial charge >= 0.3 is 6.09 Å². The molecule has 0 saturated carbocycles. The molecule has 1 aromatic heterocycles. The van der Waals surface area contributed by atoms with Crippen LogP contribution in [0.4, 0.5) is 9.93 Å². The van der Waals surface area contributed by atoms with Crippen LogP contribution in [-0.4, -0.2) is 24.2 Å². The first-order valence-electron chi connectivity index (χ1n) is 5.77. The van der Waals surface area contributed by atoms with E-state index in [2.05, 4.69) is 10.3 Å². The van der Waals surface area contributed by atoms with Gasteiger partial charge in [0.25, 0.3) is 0 Å². The summed E-state index contributed by atoms with van der Waals surface area (Å²) in [6.07, 6.45) is 2.17. The number of ether oxygens (including phenoxy) is 1. The van der Waals surface area contributed by atoms with E-state index in [0.29, 0.717) is 18.3 Å². The summed E-state index contributed by atoms with van der Waals surface area (Å²) in [5, 5.41) is 3.20. The summed E-state index contributed by atoms with van der Waals surface area (Å²) in [4.78, 5) is 16.8. The van der Waals surface area contributed by atoms with Gasteiger partial charge < -0.3 is 10.5 Å². The average Bonchev–Trinajstić information content (AvgIpc) is 2.60. The van der Waals surface area contributed by atoms with Gasteiger partial charge in [-0.3, -0.25) is 5.32 Å². The van der Waals surface area contributed by atoms with Crippen molar-refractivity contribution in [1.82, 2.24) is 4.98 Å². The summed E-state index contributed by atoms with van der Waals surface area (Å²) < 4.78 is 4.99. The molecule has 3 N–H and O–H groups in total. The second-order valence-electron chi connectivity index (χ2n) is 3.68. The number of nitrogens with two attached hydrogens (primary N) is 1. The van der Waals surface area contributed by atoms with Crippen LogP contribution >= 0.6 is 11.3 Å². The van der Waals surface area contributed by atoms with Gasteiger partial charge in [-0.1, -0.05) is 13.3 Å². The quantitative estimate of drug-likeness (QED) is 0.767. The fraction of sp³-hybridized carbons (Fsp3) is 0.636. The molecule has 5 nitrogen and oxygen atoms in total. The summed E-state index contributed by atoms with van der Waals surface area (Å²) in [6, 6.07) is 0. The van der Waals surface area contributed by atoms with Gasteiger partial charge in [-0.15, -0.1) is 11.3 Å². The number of rotatable bonds is 6. The molecule has 1 amide bonds. The van der Waals surface area contributed by atoms with Gasteiger partial charge in [-0.05, 0) is 19.9 Å². The van der Waals surface area contributed by atoms with Crippen LogP contribution in [0.2, 0.25) is 0 Å². The predicted octanol–water partition coefficient (Wildman–Crippen LogP) is 2.30. The Balaban J connectivity index is 2.45. The molecular weight excluding hydrogens is 238 g/mol. The normalized spacial score (nSPS) is 10.3. The smallest absolute Gasteiger partial charge is 0.413 e. The number of thiazole rings is 1. The Kier molecular flexibility index (Phi) is 5.93. The fourth-order valence-corrected chi connectivity index (χ4v) is 2.13. The molecule has 0 aromatic carbocycles. The van der Waals surface area contributed by atoms with E-state index < -0.39 is 6.09 Å². The summed E-state index contributed by atoms with van der Waals surface area (Å²) in [6.45, 7) is 5.02. The summed E-state index contributed by atoms with van der Waals surface area (Å²) >= 11 is 1.44. The zero-order chi connectivity index (χ0) is 12.7. The molecule has 0 atom stereocenters. The maximum atomic E-state index is 11.4. The fourth-order valence-electron chi connectivity index (χ4n) is 1.28. The Morgan fingerprint density at radius 1 is 1.59 bits per heavy atom. The summed E-state index contributed by atoms with van der Waals surface area (Å²) in [7, 11) is 0. The van der Waals surface area contributed by atoms with Crippen LogP contribution in [0, 0.1) is 6.92 Å². The highest BCUT2D eigenvalue weighted by molar-refractivity contribution is 7.15. The van der Waals surface area contributed by atoms with Crippen LogP contribution in [0.15, 0.2) is 0 Å². The highest BCUT2D eigenvalue weighted by Gasteiger charge is 2.10. The number of aromatic nitrogens is 1. The van der Waals surface area contributed by atoms with E-state index in [1.165, 1.54) is 11.3 Å². The lowest BCUT2D eigenvalue weighted by molar-refractivity contribution is 0.160. The van der Waals surface area contributed by atoms with E-state index in [0.717, 1.165) is 29.8 Å². The van der Waals surface area contributed by atoms with Gasteiger partial charge in [0.15, 0.2) is 5.13 Å². The van der Waals surface area contributed by atoms with Crippen molar-refractivity contribution in [3.8, 4) is 0 Å². The van der Waals surface area contributed by atoms with Crippen LogP contribution < -0.4 is 11.1 Å². The second-order valence-corrected chi connectivity index (χ2v) is 4.88. The molecule has 0 unspecified atom stereocenters. The SMILES string of the molecule is CCCCOC(=O)Nc1nc(CCN)c(C)s1. The largest absolute Gasteiger partial charge is 0.449 e. The number of amides is 1. The number of hydrogen-bond donors (Lipinski definition) is 2. The molecule has 1 aromatic rings. The minimum absolute atomic E-state index is 0.438. The van der Waals surface area contributed by atoms with Crippen molar-refractivity contribution in [1.29, 1.82) is 0 Å². The van der Waals surface area contributed by atoms with Gasteiger partial charge in [-0.2, -0.15) is 0 Å². The lowest BCUT2D eigenvalue weighted by Crippen LogP contribution is -2.14. The van der Waals surface area contributed by atoms with Crippen LogP contribution in [0.3, 0.4) is 0 Å². The van der Waals surface area contributed by atoms with Gasteiger partial charge in [0, 0.05) is 11.3 Å². The van der Waals surface area contributed by atoms with Crippen molar-refractivity contribution in [2.24, 2.45) is 5.73 Å². The number of unbranched alkanes of at least 4 members (excludes halogenated alkanes) is 1. The standard InChI is InChI=1S/C11H19N3O2S/c1-3-4-7-16-11(15)14-10-13-9(5-6-12)8(2)17-10/h3-7,12H2,1-2H3,(H,13,14,15). The first-order chi connectivity index (χ1) is 8.17. The van der Waals surface area contributed by atoms with Crippen LogP contribution in [0.25, 0.3) is 0 Å². The van der Waals surface area contributed by atoms with Crippen LogP contribution in [0.5, 0.6) is 0 Å². The summed E-state index contributed by atoms with van der Waals surface area (Å²) in [5.74, 6) is 0. The lowest BCUT2D eigenvalue weighted by atomic mass is 10.3. The number of aryl methyl sites for hydroxylation is 1. The Hall–Kier alpha value is -1.14. The number of nitrogens with zero attached hydrogens (tertiary/aromatic N) is 1. The molecule has 0 spiro atoms. The zero-order valence-corrected chi connectivity index (χ0v) is 11.1. The lowest BCUT2D eigenvalue weighted by Gasteiger charge is -2.03. The van der Waals surface area contributed by atoms with Gasteiger partial charge in [-0.25, -0.2) is 9.78 Å². The van der Waals surface area contributed by atoms with Gasteiger partial charge in [0.1, 0.15) is 0 Å². The average molecular weight is 257 g/mol. The van der Waals surface area contributed by atoms with E-state index >= 15 is 0 Å². The Morgan fingerprint density at radius 2 is 2.35 bits per heavy atom. The predicted molar refractivity (Wildman–Crippen MR) is 69.5 cm³/mol. The molecule has 0 aliphatic rings. The molecule has 0 saturated heterocycles. The molecular formula is C11H19N3O2S. The van der Waals surface area contributed by atoms with E-state index in [4.69, 9.17) is 10.5 Å². The first-order valence-corrected chi connectivity index (χ1v) is 6.59. The third-order valence-electron chi connectivity index (χ3n) is 2.21. The Morgan fingerprint density at radius 3 is 3.00 bits per heavy atom. The third kappa shape index (κ3) is 4.70. The van der Waals surface area contributed by atoms with Crippen molar-refractivity contribution in [3.63, 3.8) is 0 Å². The molecule has 1 rings (SSSR count). The molecule has 0 bridgehead atoms. The number of anilines is 1. The molecule has 96 valence electrons. The van der Waals surface area contributed by atoms with Crippen molar-refractivity contribution in [2.75, 3.05) is 18.5 Å². The molecule has 0 radical (unpaired) electrons. The molecule has 17 heavy (non-hydrogen) atoms. The van der Waals surface area contributed by atoms with E-state index in [1.807, 2.05) is 13.8 Å². The van der Waals surface area contributed by atoms with Gasteiger partial charge in [0.05, 0.1) is 12.3 Å². The molecule has 0 aliphatic heterocycles. The number of nitrogens with one attached hydrogen (secondary N) is 1. The summed E-state index contributed by atoms with van der Waals surface area (Å²) in [5.41, 5.74) is 6.42. The molecule has 0 aliphatic carbocycles. The zero-order valence-electron chi connectivity index (χ0n) is 10.3. The maximum Gasteiger partial charge on any atom is 0.413 e. The van der Waals surface area contributed by atoms with Crippen molar-refractivity contribution in [2.45, 2.75) is 33.1 Å². The van der Waals surface area contributed by atoms with E-state index in [-0.39, 0.29) is 0 Å². The monoisotopic (exact) mass is 257 g/mol. The van der Waals surface area contributed by atoms with Crippen molar-refractivity contribution >= 4 is 22.6 Å². The highest BCUT2D eigenvalue weighted by Crippen LogP contribution is 2.22. The van der Waals surface area contributed by atoms with Crippen molar-refractivity contribution in [3.05, 3.63) is 10.6 Å². The minimum Gasteiger partial charge on any atom is -0.449 e. The molecule has 6 heteroatoms. The van der Waals surface area contributed by atoms with E-state index in [1.54, 1.807) is 0 Å². The Bertz CT molecular complexity index is 366. The maximum absolute atomic E-state index is 11.4. The molecule has 0 fully saturated rings. The highest BCUT2D eigenvalue weighted by atomic mass is 32.1. The van der Waals surface area contributed by atoms with Crippen LogP contribution in [-0.2, 0) is 11.2 Å². The van der Waals surface area contributed by atoms with E-state index in [9.17, 15) is 4.79 Å². The number of carbonyl (C=O) groups is 1. The van der Waals surface area contributed by atoms with Gasteiger partial charge in [0.2, 0.25) is 0 Å². The topological polar surface area (TPSA) is 77.2 Å². The minimum atomic E-state index is -0.438. The molecule has 1 heterocycles. The van der Waals surface area contributed by atoms with Crippen molar-refractivity contribution < 1.29 is 9.53 Å².